The van der Waals surface area contributed by atoms with E-state index in [1.807, 2.05) is 6.92 Å². The minimum Gasteiger partial charge on any atom is -0.658 e. The van der Waals surface area contributed by atoms with Gasteiger partial charge in [-0.25, -0.2) is 4.98 Å². The van der Waals surface area contributed by atoms with Gasteiger partial charge in [0.25, 0.3) is 5.91 Å². The van der Waals surface area contributed by atoms with E-state index in [2.05, 4.69) is 31.2 Å². The number of carbonyl (C=O) groups excluding carboxylic acids is 1. The molecule has 2 heterocycles. The van der Waals surface area contributed by atoms with Crippen LogP contribution in [-0.2, 0) is 39.3 Å². The van der Waals surface area contributed by atoms with Gasteiger partial charge in [-0.15, -0.1) is 0 Å². The van der Waals surface area contributed by atoms with Crippen molar-refractivity contribution in [1.29, 1.82) is 0 Å². The van der Waals surface area contributed by atoms with Gasteiger partial charge in [0.1, 0.15) is 4.60 Å². The standard InChI is InChI=1S/C18H15BrClN3O3.Y/c1-2-26-18-15-12(7-14(19)23-18)16(24)13(9-21-15)17(25)22-8-10-3-5-11(20)6-4-10;/h3-7,9H,2,8H2,1H3,(H2,21,22,24,25);/q;+3/p-1. The number of carbonyl (C=O) groups is 1. The Balaban J connectivity index is 0.00000261. The number of pyridine rings is 2. The number of ether oxygens (including phenoxy) is 1. The zero-order valence-electron chi connectivity index (χ0n) is 14.3. The minimum absolute atomic E-state index is 0. The molecule has 1 aromatic carbocycles. The summed E-state index contributed by atoms with van der Waals surface area (Å²) in [5.74, 6) is -0.243. The molecule has 0 atom stereocenters. The molecular weight excluding hydrogens is 510 g/mol. The molecule has 0 unspecified atom stereocenters. The molecule has 0 fully saturated rings. The van der Waals surface area contributed by atoms with Crippen molar-refractivity contribution in [3.63, 3.8) is 0 Å². The second-order valence-electron chi connectivity index (χ2n) is 5.39. The van der Waals surface area contributed by atoms with E-state index < -0.39 is 11.3 Å². The molecule has 0 aliphatic rings. The summed E-state index contributed by atoms with van der Waals surface area (Å²) < 4.78 is 5.85. The maximum absolute atomic E-state index is 12.7. The number of nitrogens with zero attached hydrogens (tertiary/aromatic N) is 2. The third-order valence-corrected chi connectivity index (χ3v) is 4.29. The van der Waals surface area contributed by atoms with Crippen LogP contribution in [0.1, 0.15) is 22.8 Å². The molecule has 134 valence electrons. The molecule has 0 aliphatic heterocycles. The Labute approximate surface area is 194 Å². The molecule has 0 saturated heterocycles. The van der Waals surface area contributed by atoms with Crippen molar-refractivity contribution >= 4 is 44.3 Å². The SMILES string of the molecule is CCOc1nc(Br)cc2c(=O)c(C(=O)NCc3ccc(Cl)cc3)c[n-]c12.[Y+3]. The topological polar surface area (TPSA) is 82.4 Å². The van der Waals surface area contributed by atoms with Gasteiger partial charge in [0.2, 0.25) is 0 Å². The van der Waals surface area contributed by atoms with Crippen LogP contribution in [0.3, 0.4) is 0 Å². The number of halogens is 2. The van der Waals surface area contributed by atoms with Crippen molar-refractivity contribution in [2.45, 2.75) is 13.5 Å². The quantitative estimate of drug-likeness (QED) is 0.518. The Morgan fingerprint density at radius 3 is 2.70 bits per heavy atom. The van der Waals surface area contributed by atoms with Gasteiger partial charge >= 0.3 is 32.7 Å². The van der Waals surface area contributed by atoms with Crippen LogP contribution < -0.4 is 20.5 Å². The van der Waals surface area contributed by atoms with Crippen LogP contribution in [0.15, 0.2) is 45.9 Å². The summed E-state index contributed by atoms with van der Waals surface area (Å²) in [5, 5.41) is 3.60. The summed E-state index contributed by atoms with van der Waals surface area (Å²) in [6.45, 7) is 2.47. The summed E-state index contributed by atoms with van der Waals surface area (Å²) in [4.78, 5) is 33.5. The zero-order chi connectivity index (χ0) is 18.7. The van der Waals surface area contributed by atoms with E-state index in [4.69, 9.17) is 16.3 Å². The molecule has 3 rings (SSSR count). The molecule has 27 heavy (non-hydrogen) atoms. The van der Waals surface area contributed by atoms with Crippen molar-refractivity contribution in [3.8, 4) is 5.88 Å². The maximum atomic E-state index is 12.7. The Hall–Kier alpha value is -1.28. The zero-order valence-corrected chi connectivity index (χ0v) is 19.5. The summed E-state index contributed by atoms with van der Waals surface area (Å²) in [6.07, 6.45) is 1.25. The van der Waals surface area contributed by atoms with Crippen LogP contribution in [0.25, 0.3) is 10.9 Å². The normalized spacial score (nSPS) is 10.3. The van der Waals surface area contributed by atoms with Gasteiger partial charge in [-0.2, -0.15) is 6.20 Å². The molecule has 0 saturated carbocycles. The molecule has 9 heteroatoms. The Kier molecular flexibility index (Phi) is 7.97. The van der Waals surface area contributed by atoms with E-state index in [-0.39, 0.29) is 56.1 Å². The number of rotatable bonds is 5. The fourth-order valence-electron chi connectivity index (χ4n) is 2.39. The van der Waals surface area contributed by atoms with Gasteiger partial charge in [-0.05, 0) is 46.6 Å². The number of fused-ring (bicyclic) bond motifs is 1. The third kappa shape index (κ3) is 5.16. The van der Waals surface area contributed by atoms with Crippen molar-refractivity contribution in [3.05, 3.63) is 67.5 Å². The first-order chi connectivity index (χ1) is 12.5. The van der Waals surface area contributed by atoms with Crippen LogP contribution in [0.5, 0.6) is 5.88 Å². The van der Waals surface area contributed by atoms with Crippen molar-refractivity contribution < 1.29 is 42.2 Å². The molecule has 1 amide bonds. The Morgan fingerprint density at radius 2 is 2.04 bits per heavy atom. The molecule has 0 aliphatic carbocycles. The monoisotopic (exact) mass is 523 g/mol. The largest absolute Gasteiger partial charge is 3.00 e. The summed E-state index contributed by atoms with van der Waals surface area (Å²) in [7, 11) is 0. The summed E-state index contributed by atoms with van der Waals surface area (Å²) in [6, 6.07) is 8.61. The van der Waals surface area contributed by atoms with E-state index in [1.165, 1.54) is 12.3 Å². The van der Waals surface area contributed by atoms with Gasteiger partial charge in [0.05, 0.1) is 12.2 Å². The van der Waals surface area contributed by atoms with Crippen LogP contribution in [0.4, 0.5) is 0 Å². The maximum Gasteiger partial charge on any atom is 3.00 e. The number of hydrogen-bond acceptors (Lipinski definition) is 4. The molecule has 2 aromatic heterocycles. The van der Waals surface area contributed by atoms with Crippen LogP contribution in [0, 0.1) is 0 Å². The van der Waals surface area contributed by atoms with Gasteiger partial charge < -0.3 is 15.0 Å². The smallest absolute Gasteiger partial charge is 0.658 e. The number of aromatic nitrogens is 2. The number of nitrogens with one attached hydrogen (secondary N) is 1. The first-order valence-electron chi connectivity index (χ1n) is 7.81. The number of amides is 1. The van der Waals surface area contributed by atoms with E-state index >= 15 is 0 Å². The Morgan fingerprint density at radius 1 is 1.33 bits per heavy atom. The summed E-state index contributed by atoms with van der Waals surface area (Å²) in [5.41, 5.74) is 0.739. The van der Waals surface area contributed by atoms with Crippen molar-refractivity contribution in [2.24, 2.45) is 0 Å². The molecule has 6 nitrogen and oxygen atoms in total. The van der Waals surface area contributed by atoms with Gasteiger partial charge in [-0.3, -0.25) is 9.59 Å². The van der Waals surface area contributed by atoms with Crippen LogP contribution in [0.2, 0.25) is 5.02 Å². The first kappa shape index (κ1) is 22.0. The van der Waals surface area contributed by atoms with Crippen molar-refractivity contribution in [1.82, 2.24) is 15.3 Å². The van der Waals surface area contributed by atoms with Crippen LogP contribution >= 0.6 is 27.5 Å². The predicted molar refractivity (Wildman–Crippen MR) is 103 cm³/mol. The first-order valence-corrected chi connectivity index (χ1v) is 8.98. The Bertz CT molecular complexity index is 1020. The van der Waals surface area contributed by atoms with Gasteiger partial charge in [0.15, 0.2) is 11.3 Å². The van der Waals surface area contributed by atoms with Crippen LogP contribution in [-0.4, -0.2) is 17.5 Å². The third-order valence-electron chi connectivity index (χ3n) is 3.63. The molecule has 3 aromatic rings. The molecule has 0 radical (unpaired) electrons. The molecule has 1 N–H and O–H groups in total. The average molecular weight is 525 g/mol. The number of benzene rings is 1. The predicted octanol–water partition coefficient (Wildman–Crippen LogP) is 3.29. The molecular formula is C18H14BrClN3O3Y+2. The van der Waals surface area contributed by atoms with Gasteiger partial charge in [-0.1, -0.05) is 29.3 Å². The fourth-order valence-corrected chi connectivity index (χ4v) is 2.91. The summed E-state index contributed by atoms with van der Waals surface area (Å²) >= 11 is 9.09. The van der Waals surface area contributed by atoms with E-state index in [0.29, 0.717) is 21.7 Å². The van der Waals surface area contributed by atoms with E-state index in [9.17, 15) is 9.59 Å². The average Bonchev–Trinajstić information content (AvgIpc) is 2.62. The fraction of sp³-hybridized carbons (Fsp3) is 0.167. The van der Waals surface area contributed by atoms with E-state index in [0.717, 1.165) is 5.56 Å². The van der Waals surface area contributed by atoms with Gasteiger partial charge in [0, 0.05) is 17.0 Å². The second kappa shape index (κ2) is 9.78. The second-order valence-corrected chi connectivity index (χ2v) is 6.64. The van der Waals surface area contributed by atoms with E-state index in [1.54, 1.807) is 24.3 Å². The minimum atomic E-state index is -0.495. The number of hydrogen-bond donors (Lipinski definition) is 1. The molecule has 0 bridgehead atoms. The van der Waals surface area contributed by atoms with Crippen molar-refractivity contribution in [2.75, 3.05) is 6.61 Å². The molecule has 0 spiro atoms.